The quantitative estimate of drug-likeness (QED) is 0.180. The first-order valence-corrected chi connectivity index (χ1v) is 11.7. The maximum atomic E-state index is 12.5. The van der Waals surface area contributed by atoms with Crippen molar-refractivity contribution in [3.63, 3.8) is 0 Å². The first-order chi connectivity index (χ1) is 15.5. The summed E-state index contributed by atoms with van der Waals surface area (Å²) in [5, 5.41) is 12.2. The fourth-order valence-electron chi connectivity index (χ4n) is 2.78. The van der Waals surface area contributed by atoms with Crippen LogP contribution in [0.3, 0.4) is 0 Å². The van der Waals surface area contributed by atoms with Crippen LogP contribution in [-0.2, 0) is 11.4 Å². The molecule has 3 aromatic rings. The van der Waals surface area contributed by atoms with Crippen molar-refractivity contribution in [1.82, 2.24) is 0 Å². The smallest absolute Gasteiger partial charge is 0.266 e. The Bertz CT molecular complexity index is 1150. The zero-order valence-corrected chi connectivity index (χ0v) is 21.0. The largest absolute Gasteiger partial charge is 0.494 e. The highest BCUT2D eigenvalue weighted by Crippen LogP contribution is 2.28. The van der Waals surface area contributed by atoms with Crippen molar-refractivity contribution < 1.29 is 14.3 Å². The molecule has 0 unspecified atom stereocenters. The standard InChI is InChI=1S/C25H20BrIN2O3/c1-2-31-22-10-8-21(9-11-22)29-25(30)19(15-28)13-18-5-12-24(23(26)14-18)32-16-17-3-6-20(27)7-4-17/h3-14H,2,16H2,1H3,(H,29,30). The van der Waals surface area contributed by atoms with Crippen LogP contribution in [0.25, 0.3) is 6.08 Å². The van der Waals surface area contributed by atoms with Gasteiger partial charge in [0.15, 0.2) is 0 Å². The third kappa shape index (κ3) is 6.84. The third-order valence-corrected chi connectivity index (χ3v) is 5.70. The molecule has 0 aliphatic rings. The van der Waals surface area contributed by atoms with Gasteiger partial charge in [0.1, 0.15) is 29.7 Å². The summed E-state index contributed by atoms with van der Waals surface area (Å²) < 4.78 is 13.2. The Morgan fingerprint density at radius 1 is 1.09 bits per heavy atom. The molecule has 0 aromatic heterocycles. The van der Waals surface area contributed by atoms with E-state index < -0.39 is 5.91 Å². The van der Waals surface area contributed by atoms with Gasteiger partial charge in [0.2, 0.25) is 0 Å². The minimum Gasteiger partial charge on any atom is -0.494 e. The van der Waals surface area contributed by atoms with Gasteiger partial charge in [0.05, 0.1) is 11.1 Å². The number of halogens is 2. The van der Waals surface area contributed by atoms with Gasteiger partial charge < -0.3 is 14.8 Å². The van der Waals surface area contributed by atoms with Gasteiger partial charge in [-0.1, -0.05) is 18.2 Å². The van der Waals surface area contributed by atoms with Crippen molar-refractivity contribution in [2.75, 3.05) is 11.9 Å². The number of hydrogen-bond donors (Lipinski definition) is 1. The molecule has 0 atom stereocenters. The molecule has 0 bridgehead atoms. The number of nitriles is 1. The van der Waals surface area contributed by atoms with Crippen molar-refractivity contribution in [3.05, 3.63) is 91.5 Å². The number of rotatable bonds is 8. The van der Waals surface area contributed by atoms with Crippen LogP contribution in [0, 0.1) is 14.9 Å². The molecule has 0 fully saturated rings. The molecular weight excluding hydrogens is 583 g/mol. The summed E-state index contributed by atoms with van der Waals surface area (Å²) in [6, 6.07) is 22.5. The minimum atomic E-state index is -0.480. The normalized spacial score (nSPS) is 10.9. The Balaban J connectivity index is 1.66. The third-order valence-electron chi connectivity index (χ3n) is 4.36. The molecule has 3 aromatic carbocycles. The first-order valence-electron chi connectivity index (χ1n) is 9.81. The highest BCUT2D eigenvalue weighted by atomic mass is 127. The number of anilines is 1. The molecule has 0 saturated carbocycles. The summed E-state index contributed by atoms with van der Waals surface area (Å²) >= 11 is 5.77. The molecule has 0 heterocycles. The molecule has 5 nitrogen and oxygen atoms in total. The summed E-state index contributed by atoms with van der Waals surface area (Å²) in [6.07, 6.45) is 1.54. The molecule has 7 heteroatoms. The summed E-state index contributed by atoms with van der Waals surface area (Å²) in [7, 11) is 0. The minimum absolute atomic E-state index is 0.00154. The lowest BCUT2D eigenvalue weighted by atomic mass is 10.1. The predicted octanol–water partition coefficient (Wildman–Crippen LogP) is 6.58. The molecule has 0 aliphatic carbocycles. The van der Waals surface area contributed by atoms with Gasteiger partial charge in [0, 0.05) is 9.26 Å². The van der Waals surface area contributed by atoms with E-state index in [2.05, 4.69) is 43.8 Å². The molecule has 0 aliphatic heterocycles. The Morgan fingerprint density at radius 3 is 2.44 bits per heavy atom. The number of benzene rings is 3. The van der Waals surface area contributed by atoms with Crippen LogP contribution >= 0.6 is 38.5 Å². The number of hydrogen-bond acceptors (Lipinski definition) is 4. The maximum Gasteiger partial charge on any atom is 0.266 e. The van der Waals surface area contributed by atoms with E-state index in [9.17, 15) is 10.1 Å². The number of carbonyl (C=O) groups excluding carboxylic acids is 1. The molecule has 1 N–H and O–H groups in total. The molecule has 162 valence electrons. The van der Waals surface area contributed by atoms with Crippen LogP contribution in [0.2, 0.25) is 0 Å². The molecule has 0 saturated heterocycles. The van der Waals surface area contributed by atoms with Crippen LogP contribution in [0.5, 0.6) is 11.5 Å². The fourth-order valence-corrected chi connectivity index (χ4v) is 3.65. The van der Waals surface area contributed by atoms with Crippen molar-refractivity contribution >= 4 is 56.2 Å². The fraction of sp³-hybridized carbons (Fsp3) is 0.120. The number of nitrogens with zero attached hydrogens (tertiary/aromatic N) is 1. The Hall–Kier alpha value is -2.83. The van der Waals surface area contributed by atoms with Crippen molar-refractivity contribution in [2.45, 2.75) is 13.5 Å². The maximum absolute atomic E-state index is 12.5. The van der Waals surface area contributed by atoms with Crippen LogP contribution < -0.4 is 14.8 Å². The molecule has 0 spiro atoms. The molecule has 0 radical (unpaired) electrons. The predicted molar refractivity (Wildman–Crippen MR) is 137 cm³/mol. The highest BCUT2D eigenvalue weighted by molar-refractivity contribution is 14.1. The van der Waals surface area contributed by atoms with E-state index in [1.54, 1.807) is 30.3 Å². The van der Waals surface area contributed by atoms with Crippen LogP contribution in [0.15, 0.2) is 76.8 Å². The summed E-state index contributed by atoms with van der Waals surface area (Å²) in [4.78, 5) is 12.5. The molecular formula is C25H20BrIN2O3. The summed E-state index contributed by atoms with van der Waals surface area (Å²) in [6.45, 7) is 2.91. The van der Waals surface area contributed by atoms with E-state index in [0.29, 0.717) is 30.2 Å². The number of amides is 1. The monoisotopic (exact) mass is 602 g/mol. The van der Waals surface area contributed by atoms with E-state index in [-0.39, 0.29) is 5.57 Å². The van der Waals surface area contributed by atoms with Crippen molar-refractivity contribution in [3.8, 4) is 17.6 Å². The van der Waals surface area contributed by atoms with Gasteiger partial charge in [0.25, 0.3) is 5.91 Å². The van der Waals surface area contributed by atoms with E-state index in [1.807, 2.05) is 49.4 Å². The molecule has 32 heavy (non-hydrogen) atoms. The zero-order chi connectivity index (χ0) is 22.9. The van der Waals surface area contributed by atoms with Crippen LogP contribution in [0.4, 0.5) is 5.69 Å². The summed E-state index contributed by atoms with van der Waals surface area (Å²) in [5.41, 5.74) is 2.36. The Kier molecular flexibility index (Phi) is 8.71. The van der Waals surface area contributed by atoms with Gasteiger partial charge in [-0.05, 0) is 111 Å². The average molecular weight is 603 g/mol. The van der Waals surface area contributed by atoms with E-state index >= 15 is 0 Å². The second-order valence-corrected chi connectivity index (χ2v) is 8.79. The van der Waals surface area contributed by atoms with Gasteiger partial charge in [-0.3, -0.25) is 4.79 Å². The number of ether oxygens (including phenoxy) is 2. The SMILES string of the molecule is CCOc1ccc(NC(=O)C(C#N)=Cc2ccc(OCc3ccc(I)cc3)c(Br)c2)cc1. The molecule has 3 rings (SSSR count). The molecule has 1 amide bonds. The van der Waals surface area contributed by atoms with Gasteiger partial charge in [-0.15, -0.1) is 0 Å². The van der Waals surface area contributed by atoms with Crippen molar-refractivity contribution in [1.29, 1.82) is 5.26 Å². The first kappa shape index (κ1) is 23.8. The topological polar surface area (TPSA) is 71.3 Å². The van der Waals surface area contributed by atoms with Gasteiger partial charge >= 0.3 is 0 Å². The number of carbonyl (C=O) groups is 1. The number of nitrogens with one attached hydrogen (secondary N) is 1. The Labute approximate surface area is 209 Å². The Morgan fingerprint density at radius 2 is 1.81 bits per heavy atom. The van der Waals surface area contributed by atoms with Gasteiger partial charge in [-0.2, -0.15) is 5.26 Å². The zero-order valence-electron chi connectivity index (χ0n) is 17.3. The average Bonchev–Trinajstić information content (AvgIpc) is 2.79. The lowest BCUT2D eigenvalue weighted by molar-refractivity contribution is -0.112. The second kappa shape index (κ2) is 11.7. The van der Waals surface area contributed by atoms with E-state index in [4.69, 9.17) is 9.47 Å². The lowest BCUT2D eigenvalue weighted by Crippen LogP contribution is -2.13. The second-order valence-electron chi connectivity index (χ2n) is 6.69. The van der Waals surface area contributed by atoms with E-state index in [0.717, 1.165) is 15.8 Å². The van der Waals surface area contributed by atoms with Crippen LogP contribution in [0.1, 0.15) is 18.1 Å². The van der Waals surface area contributed by atoms with Gasteiger partial charge in [-0.25, -0.2) is 0 Å². The highest BCUT2D eigenvalue weighted by Gasteiger charge is 2.11. The summed E-state index contributed by atoms with van der Waals surface area (Å²) in [5.74, 6) is 0.917. The lowest BCUT2D eigenvalue weighted by Gasteiger charge is -2.09. The van der Waals surface area contributed by atoms with Crippen LogP contribution in [-0.4, -0.2) is 12.5 Å². The van der Waals surface area contributed by atoms with E-state index in [1.165, 1.54) is 9.65 Å². The van der Waals surface area contributed by atoms with Crippen molar-refractivity contribution in [2.24, 2.45) is 0 Å².